The Balaban J connectivity index is 1.87. The molecule has 0 bridgehead atoms. The van der Waals surface area contributed by atoms with Gasteiger partial charge in [0.1, 0.15) is 5.01 Å². The van der Waals surface area contributed by atoms with E-state index in [-0.39, 0.29) is 29.6 Å². The molecule has 0 spiro atoms. The Hall–Kier alpha value is -2.74. The van der Waals surface area contributed by atoms with E-state index in [1.54, 1.807) is 0 Å². The number of halogens is 6. The van der Waals surface area contributed by atoms with Crippen LogP contribution in [-0.2, 0) is 18.9 Å². The van der Waals surface area contributed by atoms with E-state index in [1.165, 1.54) is 19.2 Å². The Bertz CT molecular complexity index is 889. The van der Waals surface area contributed by atoms with Gasteiger partial charge in [0.15, 0.2) is 11.7 Å². The second-order valence-electron chi connectivity index (χ2n) is 5.28. The van der Waals surface area contributed by atoms with Crippen molar-refractivity contribution in [3.8, 4) is 11.8 Å². The minimum atomic E-state index is -4.49. The molecule has 0 aliphatic heterocycles. The molecule has 0 fully saturated rings. The summed E-state index contributed by atoms with van der Waals surface area (Å²) in [6.45, 7) is 0.100. The molecule has 28 heavy (non-hydrogen) atoms. The van der Waals surface area contributed by atoms with Crippen LogP contribution >= 0.6 is 11.3 Å². The van der Waals surface area contributed by atoms with Crippen LogP contribution < -0.4 is 10.6 Å². The summed E-state index contributed by atoms with van der Waals surface area (Å²) in [5.41, 5.74) is -1.53. The van der Waals surface area contributed by atoms with Crippen LogP contribution in [0.5, 0.6) is 0 Å². The lowest BCUT2D eigenvalue weighted by Gasteiger charge is -2.08. The third-order valence-electron chi connectivity index (χ3n) is 3.24. The predicted octanol–water partition coefficient (Wildman–Crippen LogP) is 3.90. The second kappa shape index (κ2) is 8.97. The van der Waals surface area contributed by atoms with Gasteiger partial charge < -0.3 is 10.6 Å². The third kappa shape index (κ3) is 6.45. The van der Waals surface area contributed by atoms with E-state index in [0.717, 1.165) is 28.8 Å². The Kier molecular flexibility index (Phi) is 6.90. The number of thiazole rings is 1. The number of nitrogens with one attached hydrogen (secondary N) is 2. The Morgan fingerprint density at radius 2 is 1.89 bits per heavy atom. The van der Waals surface area contributed by atoms with E-state index in [9.17, 15) is 26.3 Å². The molecule has 11 heteroatoms. The Labute approximate surface area is 160 Å². The van der Waals surface area contributed by atoms with Crippen LogP contribution in [-0.4, -0.2) is 24.5 Å². The average molecular weight is 420 g/mol. The molecule has 1 heterocycles. The van der Waals surface area contributed by atoms with Gasteiger partial charge in [-0.3, -0.25) is 4.99 Å². The number of nitrogens with zero attached hydrogens (tertiary/aromatic N) is 2. The maximum atomic E-state index is 12.6. The zero-order chi connectivity index (χ0) is 20.8. The number of hydrogen-bond acceptors (Lipinski definition) is 3. The molecule has 0 atom stereocenters. The third-order valence-corrected chi connectivity index (χ3v) is 4.09. The fraction of sp³-hybridized carbons (Fsp3) is 0.294. The van der Waals surface area contributed by atoms with Gasteiger partial charge >= 0.3 is 12.4 Å². The lowest BCUT2D eigenvalue weighted by atomic mass is 10.1. The summed E-state index contributed by atoms with van der Waals surface area (Å²) < 4.78 is 75.5. The van der Waals surface area contributed by atoms with Crippen molar-refractivity contribution >= 4 is 17.3 Å². The van der Waals surface area contributed by atoms with Crippen LogP contribution in [0.25, 0.3) is 0 Å². The normalized spacial score (nSPS) is 12.3. The van der Waals surface area contributed by atoms with Crippen molar-refractivity contribution in [2.45, 2.75) is 18.9 Å². The summed E-state index contributed by atoms with van der Waals surface area (Å²) >= 11 is 0.862. The van der Waals surface area contributed by atoms with Crippen molar-refractivity contribution in [1.82, 2.24) is 15.6 Å². The summed E-state index contributed by atoms with van der Waals surface area (Å²) in [5.74, 6) is 5.52. The maximum Gasteiger partial charge on any atom is 0.434 e. The number of guanidine groups is 1. The molecular weight excluding hydrogens is 406 g/mol. The minimum absolute atomic E-state index is 0.0292. The highest BCUT2D eigenvalue weighted by atomic mass is 32.1. The molecule has 0 saturated heterocycles. The number of rotatable bonds is 3. The van der Waals surface area contributed by atoms with Crippen molar-refractivity contribution in [2.24, 2.45) is 4.99 Å². The molecule has 0 aliphatic rings. The van der Waals surface area contributed by atoms with Gasteiger partial charge in [-0.1, -0.05) is 17.9 Å². The van der Waals surface area contributed by atoms with Gasteiger partial charge in [0.25, 0.3) is 0 Å². The van der Waals surface area contributed by atoms with Gasteiger partial charge in [-0.2, -0.15) is 26.3 Å². The monoisotopic (exact) mass is 420 g/mol. The van der Waals surface area contributed by atoms with Gasteiger partial charge in [0.2, 0.25) is 0 Å². The van der Waals surface area contributed by atoms with E-state index in [2.05, 4.69) is 32.5 Å². The second-order valence-corrected chi connectivity index (χ2v) is 6.23. The van der Waals surface area contributed by atoms with Crippen LogP contribution in [0.1, 0.15) is 21.8 Å². The zero-order valence-corrected chi connectivity index (χ0v) is 15.2. The molecule has 0 unspecified atom stereocenters. The zero-order valence-electron chi connectivity index (χ0n) is 14.4. The Morgan fingerprint density at radius 1 is 1.14 bits per heavy atom. The largest absolute Gasteiger partial charge is 0.434 e. The summed E-state index contributed by atoms with van der Waals surface area (Å²) in [6, 6.07) is 4.62. The molecule has 1 aromatic carbocycles. The van der Waals surface area contributed by atoms with Crippen molar-refractivity contribution in [3.05, 3.63) is 51.5 Å². The van der Waals surface area contributed by atoms with Crippen LogP contribution in [0.3, 0.4) is 0 Å². The first-order valence-electron chi connectivity index (χ1n) is 7.72. The van der Waals surface area contributed by atoms with Crippen LogP contribution in [0.2, 0.25) is 0 Å². The summed E-state index contributed by atoms with van der Waals surface area (Å²) in [7, 11) is 1.46. The number of aromatic nitrogens is 1. The fourth-order valence-electron chi connectivity index (χ4n) is 1.95. The van der Waals surface area contributed by atoms with Crippen LogP contribution in [0.15, 0.2) is 34.6 Å². The number of aliphatic imine (C=N–C) groups is 1. The van der Waals surface area contributed by atoms with Crippen molar-refractivity contribution in [1.29, 1.82) is 0 Å². The number of alkyl halides is 6. The molecule has 0 saturated carbocycles. The first kappa shape index (κ1) is 21.6. The van der Waals surface area contributed by atoms with Gasteiger partial charge in [-0.25, -0.2) is 4.98 Å². The molecule has 0 amide bonds. The topological polar surface area (TPSA) is 49.3 Å². The highest BCUT2D eigenvalue weighted by molar-refractivity contribution is 7.09. The summed E-state index contributed by atoms with van der Waals surface area (Å²) in [6.07, 6.45) is -8.93. The maximum absolute atomic E-state index is 12.6. The predicted molar refractivity (Wildman–Crippen MR) is 93.6 cm³/mol. The molecule has 0 aliphatic carbocycles. The SMILES string of the molecule is CN=C(NCC#Cc1cccc(C(F)(F)F)c1)NCc1nc(C(F)(F)F)cs1. The van der Waals surface area contributed by atoms with E-state index >= 15 is 0 Å². The van der Waals surface area contributed by atoms with Gasteiger partial charge in [-0.05, 0) is 18.2 Å². The summed E-state index contributed by atoms with van der Waals surface area (Å²) in [5, 5.41) is 6.72. The van der Waals surface area contributed by atoms with Gasteiger partial charge in [0.05, 0.1) is 18.7 Å². The highest BCUT2D eigenvalue weighted by Crippen LogP contribution is 2.30. The number of hydrogen-bond donors (Lipinski definition) is 2. The standard InChI is InChI=1S/C17H14F6N4S/c1-24-15(26-9-14-27-13(10-28-14)17(21,22)23)25-7-3-5-11-4-2-6-12(8-11)16(18,19)20/h2,4,6,8,10H,7,9H2,1H3,(H2,24,25,26). The van der Waals surface area contributed by atoms with E-state index in [1.807, 2.05) is 0 Å². The van der Waals surface area contributed by atoms with Crippen molar-refractivity contribution < 1.29 is 26.3 Å². The van der Waals surface area contributed by atoms with Gasteiger partial charge in [0, 0.05) is 18.0 Å². The molecule has 4 nitrogen and oxygen atoms in total. The van der Waals surface area contributed by atoms with Gasteiger partial charge in [-0.15, -0.1) is 11.3 Å². The van der Waals surface area contributed by atoms with Crippen LogP contribution in [0.4, 0.5) is 26.3 Å². The minimum Gasteiger partial charge on any atom is -0.350 e. The smallest absolute Gasteiger partial charge is 0.350 e. The molecular formula is C17H14F6N4S. The van der Waals surface area contributed by atoms with E-state index in [0.29, 0.717) is 0 Å². The molecule has 2 N–H and O–H groups in total. The molecule has 1 aromatic heterocycles. The van der Waals surface area contributed by atoms with E-state index < -0.39 is 23.6 Å². The lowest BCUT2D eigenvalue weighted by molar-refractivity contribution is -0.141. The summed E-state index contributed by atoms with van der Waals surface area (Å²) in [4.78, 5) is 7.36. The quantitative estimate of drug-likeness (QED) is 0.343. The first-order valence-corrected chi connectivity index (χ1v) is 8.60. The van der Waals surface area contributed by atoms with Crippen molar-refractivity contribution in [2.75, 3.05) is 13.6 Å². The van der Waals surface area contributed by atoms with E-state index in [4.69, 9.17) is 0 Å². The lowest BCUT2D eigenvalue weighted by Crippen LogP contribution is -2.36. The molecule has 2 aromatic rings. The fourth-order valence-corrected chi connectivity index (χ4v) is 2.69. The highest BCUT2D eigenvalue weighted by Gasteiger charge is 2.33. The first-order chi connectivity index (χ1) is 13.1. The Morgan fingerprint density at radius 3 is 2.50 bits per heavy atom. The average Bonchev–Trinajstić information content (AvgIpc) is 3.10. The van der Waals surface area contributed by atoms with Crippen molar-refractivity contribution in [3.63, 3.8) is 0 Å². The molecule has 0 radical (unpaired) electrons. The molecule has 150 valence electrons. The molecule has 2 rings (SSSR count). The van der Waals surface area contributed by atoms with Crippen LogP contribution in [0, 0.1) is 11.8 Å². The number of benzene rings is 1.